The third-order valence-corrected chi connectivity index (χ3v) is 2.58. The standard InChI is InChI=1S/C11H21NO2/c1-9(2)8-14-11(13)12-7-5-4-6-10(12)3/h9-10H,4-8H2,1-3H3/t10-/m1/s1. The molecule has 0 saturated carbocycles. The van der Waals surface area contributed by atoms with Crippen molar-refractivity contribution < 1.29 is 9.53 Å². The Hall–Kier alpha value is -0.730. The van der Waals surface area contributed by atoms with E-state index in [0.29, 0.717) is 18.6 Å². The number of hydrogen-bond acceptors (Lipinski definition) is 2. The van der Waals surface area contributed by atoms with E-state index >= 15 is 0 Å². The maximum absolute atomic E-state index is 11.6. The Morgan fingerprint density at radius 1 is 1.50 bits per heavy atom. The molecule has 0 aromatic carbocycles. The average molecular weight is 199 g/mol. The molecule has 1 aliphatic rings. The van der Waals surface area contributed by atoms with Crippen LogP contribution in [0.3, 0.4) is 0 Å². The van der Waals surface area contributed by atoms with E-state index in [1.165, 1.54) is 6.42 Å². The van der Waals surface area contributed by atoms with E-state index in [4.69, 9.17) is 4.74 Å². The molecule has 1 rings (SSSR count). The van der Waals surface area contributed by atoms with E-state index in [2.05, 4.69) is 6.92 Å². The lowest BCUT2D eigenvalue weighted by Crippen LogP contribution is -2.42. The minimum atomic E-state index is -0.133. The summed E-state index contributed by atoms with van der Waals surface area (Å²) in [6.07, 6.45) is 3.32. The van der Waals surface area contributed by atoms with Gasteiger partial charge in [0.05, 0.1) is 6.61 Å². The van der Waals surface area contributed by atoms with Gasteiger partial charge < -0.3 is 9.64 Å². The average Bonchev–Trinajstić information content (AvgIpc) is 2.15. The molecule has 0 spiro atoms. The molecule has 0 unspecified atom stereocenters. The van der Waals surface area contributed by atoms with Gasteiger partial charge in [-0.15, -0.1) is 0 Å². The molecular weight excluding hydrogens is 178 g/mol. The maximum Gasteiger partial charge on any atom is 0.410 e. The van der Waals surface area contributed by atoms with Crippen molar-refractivity contribution in [2.45, 2.75) is 46.1 Å². The number of ether oxygens (including phenoxy) is 1. The van der Waals surface area contributed by atoms with Crippen molar-refractivity contribution in [2.75, 3.05) is 13.2 Å². The summed E-state index contributed by atoms with van der Waals surface area (Å²) < 4.78 is 5.20. The highest BCUT2D eigenvalue weighted by Crippen LogP contribution is 2.17. The van der Waals surface area contributed by atoms with Gasteiger partial charge in [0.15, 0.2) is 0 Å². The lowest BCUT2D eigenvalue weighted by atomic mass is 10.0. The molecule has 3 nitrogen and oxygen atoms in total. The molecule has 1 aliphatic heterocycles. The topological polar surface area (TPSA) is 29.5 Å². The molecule has 1 saturated heterocycles. The summed E-state index contributed by atoms with van der Waals surface area (Å²) in [5.41, 5.74) is 0. The number of rotatable bonds is 2. The number of likely N-dealkylation sites (tertiary alicyclic amines) is 1. The molecule has 0 aromatic rings. The first kappa shape index (κ1) is 11.3. The van der Waals surface area contributed by atoms with Gasteiger partial charge in [-0.1, -0.05) is 13.8 Å². The van der Waals surface area contributed by atoms with E-state index < -0.39 is 0 Å². The monoisotopic (exact) mass is 199 g/mol. The van der Waals surface area contributed by atoms with E-state index in [-0.39, 0.29) is 6.09 Å². The van der Waals surface area contributed by atoms with E-state index in [9.17, 15) is 4.79 Å². The minimum absolute atomic E-state index is 0.133. The van der Waals surface area contributed by atoms with Crippen molar-refractivity contribution >= 4 is 6.09 Å². The Balaban J connectivity index is 2.34. The summed E-state index contributed by atoms with van der Waals surface area (Å²) in [6, 6.07) is 0.350. The first-order valence-corrected chi connectivity index (χ1v) is 5.54. The number of hydrogen-bond donors (Lipinski definition) is 0. The normalized spacial score (nSPS) is 22.6. The van der Waals surface area contributed by atoms with Crippen LogP contribution in [0.4, 0.5) is 4.79 Å². The molecule has 0 N–H and O–H groups in total. The fourth-order valence-corrected chi connectivity index (χ4v) is 1.69. The van der Waals surface area contributed by atoms with Crippen molar-refractivity contribution in [3.05, 3.63) is 0 Å². The van der Waals surface area contributed by atoms with Crippen LogP contribution in [0, 0.1) is 5.92 Å². The van der Waals surface area contributed by atoms with Gasteiger partial charge in [-0.25, -0.2) is 4.79 Å². The summed E-state index contributed by atoms with van der Waals surface area (Å²) in [6.45, 7) is 7.58. The largest absolute Gasteiger partial charge is 0.449 e. The summed E-state index contributed by atoms with van der Waals surface area (Å²) in [4.78, 5) is 13.5. The molecular formula is C11H21NO2. The Morgan fingerprint density at radius 2 is 2.21 bits per heavy atom. The van der Waals surface area contributed by atoms with Gasteiger partial charge >= 0.3 is 6.09 Å². The summed E-state index contributed by atoms with van der Waals surface area (Å²) >= 11 is 0. The first-order valence-electron chi connectivity index (χ1n) is 5.54. The molecule has 1 atom stereocenters. The third-order valence-electron chi connectivity index (χ3n) is 2.58. The number of carbonyl (C=O) groups is 1. The molecule has 1 fully saturated rings. The predicted molar refractivity (Wildman–Crippen MR) is 56.2 cm³/mol. The molecule has 0 bridgehead atoms. The van der Waals surface area contributed by atoms with Gasteiger partial charge in [0.2, 0.25) is 0 Å². The molecule has 14 heavy (non-hydrogen) atoms. The Bertz CT molecular complexity index is 192. The zero-order chi connectivity index (χ0) is 10.6. The Labute approximate surface area is 86.4 Å². The van der Waals surface area contributed by atoms with Crippen molar-refractivity contribution in [3.63, 3.8) is 0 Å². The lowest BCUT2D eigenvalue weighted by molar-refractivity contribution is 0.0693. The van der Waals surface area contributed by atoms with Crippen molar-refractivity contribution in [2.24, 2.45) is 5.92 Å². The van der Waals surface area contributed by atoms with Gasteiger partial charge in [-0.3, -0.25) is 0 Å². The van der Waals surface area contributed by atoms with E-state index in [1.54, 1.807) is 0 Å². The van der Waals surface area contributed by atoms with Crippen LogP contribution in [0.25, 0.3) is 0 Å². The molecule has 0 aliphatic carbocycles. The first-order chi connectivity index (χ1) is 6.61. The lowest BCUT2D eigenvalue weighted by Gasteiger charge is -2.32. The predicted octanol–water partition coefficient (Wildman–Crippen LogP) is 2.65. The van der Waals surface area contributed by atoms with Gasteiger partial charge in [0.25, 0.3) is 0 Å². The van der Waals surface area contributed by atoms with Crippen LogP contribution in [-0.4, -0.2) is 30.2 Å². The van der Waals surface area contributed by atoms with Gasteiger partial charge in [0.1, 0.15) is 0 Å². The summed E-state index contributed by atoms with van der Waals surface area (Å²) in [5.74, 6) is 0.416. The second-order valence-electron chi connectivity index (χ2n) is 4.51. The highest BCUT2D eigenvalue weighted by atomic mass is 16.6. The number of nitrogens with zero attached hydrogens (tertiary/aromatic N) is 1. The quantitative estimate of drug-likeness (QED) is 0.684. The Kier molecular flexibility index (Phi) is 4.23. The molecule has 1 amide bonds. The van der Waals surface area contributed by atoms with Crippen molar-refractivity contribution in [3.8, 4) is 0 Å². The SMILES string of the molecule is CC(C)COC(=O)N1CCCC[C@H]1C. The van der Waals surface area contributed by atoms with Crippen LogP contribution >= 0.6 is 0 Å². The minimum Gasteiger partial charge on any atom is -0.449 e. The van der Waals surface area contributed by atoms with E-state index in [0.717, 1.165) is 19.4 Å². The van der Waals surface area contributed by atoms with Crippen molar-refractivity contribution in [1.29, 1.82) is 0 Å². The Morgan fingerprint density at radius 3 is 2.79 bits per heavy atom. The zero-order valence-electron chi connectivity index (χ0n) is 9.45. The third kappa shape index (κ3) is 3.20. The summed E-state index contributed by atoms with van der Waals surface area (Å²) in [5, 5.41) is 0. The fraction of sp³-hybridized carbons (Fsp3) is 0.909. The molecule has 0 radical (unpaired) electrons. The second-order valence-corrected chi connectivity index (χ2v) is 4.51. The van der Waals surface area contributed by atoms with Crippen LogP contribution < -0.4 is 0 Å². The highest BCUT2D eigenvalue weighted by molar-refractivity contribution is 5.68. The molecule has 1 heterocycles. The zero-order valence-corrected chi connectivity index (χ0v) is 9.45. The number of piperidine rings is 1. The van der Waals surface area contributed by atoms with Crippen LogP contribution in [0.5, 0.6) is 0 Å². The number of amides is 1. The summed E-state index contributed by atoms with van der Waals surface area (Å²) in [7, 11) is 0. The van der Waals surface area contributed by atoms with Crippen LogP contribution in [0.15, 0.2) is 0 Å². The number of carbonyl (C=O) groups excluding carboxylic acids is 1. The molecule has 82 valence electrons. The van der Waals surface area contributed by atoms with Crippen LogP contribution in [-0.2, 0) is 4.74 Å². The molecule has 0 aromatic heterocycles. The van der Waals surface area contributed by atoms with Gasteiger partial charge in [-0.05, 0) is 32.1 Å². The van der Waals surface area contributed by atoms with Gasteiger partial charge in [-0.2, -0.15) is 0 Å². The smallest absolute Gasteiger partial charge is 0.410 e. The second kappa shape index (κ2) is 5.23. The molecule has 3 heteroatoms. The highest BCUT2D eigenvalue weighted by Gasteiger charge is 2.24. The fourth-order valence-electron chi connectivity index (χ4n) is 1.69. The van der Waals surface area contributed by atoms with Gasteiger partial charge in [0, 0.05) is 12.6 Å². The maximum atomic E-state index is 11.6. The van der Waals surface area contributed by atoms with Crippen LogP contribution in [0.2, 0.25) is 0 Å². The van der Waals surface area contributed by atoms with Crippen LogP contribution in [0.1, 0.15) is 40.0 Å². The van der Waals surface area contributed by atoms with Crippen molar-refractivity contribution in [1.82, 2.24) is 4.90 Å². The van der Waals surface area contributed by atoms with E-state index in [1.807, 2.05) is 18.7 Å².